The number of fused-ring (bicyclic) bond motifs is 1. The smallest absolute Gasteiger partial charge is 0.142 e. The van der Waals surface area contributed by atoms with Gasteiger partial charge in [-0.25, -0.2) is 0 Å². The second kappa shape index (κ2) is 7.25. The zero-order valence-corrected chi connectivity index (χ0v) is 13.6. The molecular formula is C20H22N2O. The van der Waals surface area contributed by atoms with Gasteiger partial charge in [-0.3, -0.25) is 4.98 Å². The molecule has 1 heterocycles. The first kappa shape index (κ1) is 15.5. The topological polar surface area (TPSA) is 25.4 Å². The van der Waals surface area contributed by atoms with Crippen LogP contribution in [0.4, 0.5) is 0 Å². The van der Waals surface area contributed by atoms with Crippen LogP contribution in [0.3, 0.4) is 0 Å². The molecule has 3 rings (SSSR count). The van der Waals surface area contributed by atoms with E-state index in [2.05, 4.69) is 54.3 Å². The standard InChI is InChI=1S/C20H22N2O/c1-22(2)14-12-20(19-9-5-6-13-21-19)23-18-11-10-16-7-3-4-8-17(16)15-18/h3-11,13,15,20H,12,14H2,1-2H3. The summed E-state index contributed by atoms with van der Waals surface area (Å²) in [4.78, 5) is 6.64. The molecular weight excluding hydrogens is 284 g/mol. The molecule has 0 fully saturated rings. The fraction of sp³-hybridized carbons (Fsp3) is 0.250. The van der Waals surface area contributed by atoms with Crippen LogP contribution in [0.1, 0.15) is 18.2 Å². The second-order valence-corrected chi connectivity index (χ2v) is 5.96. The molecule has 118 valence electrons. The SMILES string of the molecule is CN(C)CCC(Oc1ccc2ccccc2c1)c1ccccn1. The zero-order chi connectivity index (χ0) is 16.1. The first-order chi connectivity index (χ1) is 11.2. The van der Waals surface area contributed by atoms with Gasteiger partial charge in [-0.1, -0.05) is 36.4 Å². The van der Waals surface area contributed by atoms with E-state index >= 15 is 0 Å². The second-order valence-electron chi connectivity index (χ2n) is 5.96. The van der Waals surface area contributed by atoms with Crippen LogP contribution >= 0.6 is 0 Å². The fourth-order valence-corrected chi connectivity index (χ4v) is 2.61. The van der Waals surface area contributed by atoms with E-state index in [1.165, 1.54) is 10.8 Å². The van der Waals surface area contributed by atoms with Crippen molar-refractivity contribution in [2.45, 2.75) is 12.5 Å². The minimum atomic E-state index is -0.0419. The van der Waals surface area contributed by atoms with E-state index in [-0.39, 0.29) is 6.10 Å². The van der Waals surface area contributed by atoms with Crippen LogP contribution in [0.15, 0.2) is 66.9 Å². The summed E-state index contributed by atoms with van der Waals surface area (Å²) in [6, 6.07) is 20.5. The Morgan fingerprint density at radius 2 is 1.74 bits per heavy atom. The molecule has 2 aromatic carbocycles. The lowest BCUT2D eigenvalue weighted by Crippen LogP contribution is -2.19. The maximum absolute atomic E-state index is 6.27. The molecule has 0 aliphatic carbocycles. The number of hydrogen-bond donors (Lipinski definition) is 0. The van der Waals surface area contributed by atoms with Gasteiger partial charge in [0.2, 0.25) is 0 Å². The molecule has 0 spiro atoms. The maximum atomic E-state index is 6.27. The predicted octanol–water partition coefficient (Wildman–Crippen LogP) is 4.31. The summed E-state index contributed by atoms with van der Waals surface area (Å²) in [6.45, 7) is 0.953. The molecule has 0 saturated carbocycles. The number of pyridine rings is 1. The van der Waals surface area contributed by atoms with Crippen molar-refractivity contribution >= 4 is 10.8 Å². The van der Waals surface area contributed by atoms with E-state index in [0.717, 1.165) is 24.4 Å². The molecule has 3 heteroatoms. The van der Waals surface area contributed by atoms with Crippen molar-refractivity contribution in [2.24, 2.45) is 0 Å². The average Bonchev–Trinajstić information content (AvgIpc) is 2.59. The highest BCUT2D eigenvalue weighted by Gasteiger charge is 2.15. The Morgan fingerprint density at radius 3 is 2.48 bits per heavy atom. The molecule has 3 aromatic rings. The van der Waals surface area contributed by atoms with Gasteiger partial charge in [-0.2, -0.15) is 0 Å². The monoisotopic (exact) mass is 306 g/mol. The van der Waals surface area contributed by atoms with Crippen molar-refractivity contribution in [1.82, 2.24) is 9.88 Å². The minimum absolute atomic E-state index is 0.0419. The van der Waals surface area contributed by atoms with Crippen LogP contribution < -0.4 is 4.74 Å². The summed E-state index contributed by atoms with van der Waals surface area (Å²) in [7, 11) is 4.15. The molecule has 0 radical (unpaired) electrons. The van der Waals surface area contributed by atoms with Gasteiger partial charge in [0.15, 0.2) is 0 Å². The Labute approximate surface area is 137 Å². The Hall–Kier alpha value is -2.39. The maximum Gasteiger partial charge on any atom is 0.142 e. The van der Waals surface area contributed by atoms with Crippen molar-refractivity contribution in [1.29, 1.82) is 0 Å². The van der Waals surface area contributed by atoms with Gasteiger partial charge in [-0.05, 0) is 49.1 Å². The van der Waals surface area contributed by atoms with E-state index < -0.39 is 0 Å². The lowest BCUT2D eigenvalue weighted by atomic mass is 10.1. The van der Waals surface area contributed by atoms with E-state index in [1.54, 1.807) is 0 Å². The van der Waals surface area contributed by atoms with Crippen LogP contribution in [0, 0.1) is 0 Å². The fourth-order valence-electron chi connectivity index (χ4n) is 2.61. The van der Waals surface area contributed by atoms with Gasteiger partial charge < -0.3 is 9.64 Å². The van der Waals surface area contributed by atoms with Crippen LogP contribution in [0.5, 0.6) is 5.75 Å². The lowest BCUT2D eigenvalue weighted by molar-refractivity contribution is 0.175. The third-order valence-corrected chi connectivity index (χ3v) is 3.86. The third kappa shape index (κ3) is 4.08. The third-order valence-electron chi connectivity index (χ3n) is 3.86. The van der Waals surface area contributed by atoms with Crippen molar-refractivity contribution < 1.29 is 4.74 Å². The summed E-state index contributed by atoms with van der Waals surface area (Å²) >= 11 is 0. The van der Waals surface area contributed by atoms with Gasteiger partial charge in [-0.15, -0.1) is 0 Å². The van der Waals surface area contributed by atoms with Gasteiger partial charge in [0, 0.05) is 19.2 Å². The molecule has 1 aromatic heterocycles. The lowest BCUT2D eigenvalue weighted by Gasteiger charge is -2.21. The van der Waals surface area contributed by atoms with Crippen molar-refractivity contribution in [3.8, 4) is 5.75 Å². The largest absolute Gasteiger partial charge is 0.484 e. The Bertz CT molecular complexity index is 756. The summed E-state index contributed by atoms with van der Waals surface area (Å²) in [5.41, 5.74) is 0.975. The van der Waals surface area contributed by atoms with Gasteiger partial charge in [0.05, 0.1) is 5.69 Å². The summed E-state index contributed by atoms with van der Waals surface area (Å²) < 4.78 is 6.27. The Morgan fingerprint density at radius 1 is 0.957 bits per heavy atom. The first-order valence-electron chi connectivity index (χ1n) is 7.93. The molecule has 23 heavy (non-hydrogen) atoms. The molecule has 0 N–H and O–H groups in total. The van der Waals surface area contributed by atoms with Gasteiger partial charge >= 0.3 is 0 Å². The van der Waals surface area contributed by atoms with Gasteiger partial charge in [0.1, 0.15) is 11.9 Å². The molecule has 0 bridgehead atoms. The first-order valence-corrected chi connectivity index (χ1v) is 7.93. The number of rotatable bonds is 6. The number of hydrogen-bond acceptors (Lipinski definition) is 3. The molecule has 0 aliphatic heterocycles. The minimum Gasteiger partial charge on any atom is -0.484 e. The van der Waals surface area contributed by atoms with E-state index in [1.807, 2.05) is 36.5 Å². The van der Waals surface area contributed by atoms with Crippen molar-refractivity contribution in [2.75, 3.05) is 20.6 Å². The van der Waals surface area contributed by atoms with Gasteiger partial charge in [0.25, 0.3) is 0 Å². The van der Waals surface area contributed by atoms with Crippen molar-refractivity contribution in [3.05, 3.63) is 72.6 Å². The molecule has 0 aliphatic rings. The highest BCUT2D eigenvalue weighted by molar-refractivity contribution is 5.83. The van der Waals surface area contributed by atoms with Crippen LogP contribution in [0.25, 0.3) is 10.8 Å². The molecule has 1 unspecified atom stereocenters. The van der Waals surface area contributed by atoms with E-state index in [0.29, 0.717) is 0 Å². The van der Waals surface area contributed by atoms with Crippen molar-refractivity contribution in [3.63, 3.8) is 0 Å². The molecule has 0 saturated heterocycles. The summed E-state index contributed by atoms with van der Waals surface area (Å²) in [5, 5.41) is 2.42. The number of nitrogens with zero attached hydrogens (tertiary/aromatic N) is 2. The van der Waals surface area contributed by atoms with E-state index in [4.69, 9.17) is 4.74 Å². The molecule has 0 amide bonds. The highest BCUT2D eigenvalue weighted by atomic mass is 16.5. The van der Waals surface area contributed by atoms with E-state index in [9.17, 15) is 0 Å². The van der Waals surface area contributed by atoms with Crippen LogP contribution in [0.2, 0.25) is 0 Å². The normalized spacial score (nSPS) is 12.5. The number of aromatic nitrogens is 1. The zero-order valence-electron chi connectivity index (χ0n) is 13.6. The summed E-state index contributed by atoms with van der Waals surface area (Å²) in [5.74, 6) is 0.887. The molecule has 1 atom stereocenters. The van der Waals surface area contributed by atoms with Crippen LogP contribution in [-0.4, -0.2) is 30.5 Å². The average molecular weight is 306 g/mol. The molecule has 3 nitrogen and oxygen atoms in total. The quantitative estimate of drug-likeness (QED) is 0.678. The number of ether oxygens (including phenoxy) is 1. The Kier molecular flexibility index (Phi) is 4.89. The Balaban J connectivity index is 1.84. The highest BCUT2D eigenvalue weighted by Crippen LogP contribution is 2.27. The predicted molar refractivity (Wildman–Crippen MR) is 94.7 cm³/mol. The summed E-state index contributed by atoms with van der Waals surface area (Å²) in [6.07, 6.45) is 2.68. The number of benzene rings is 2. The van der Waals surface area contributed by atoms with Crippen LogP contribution in [-0.2, 0) is 0 Å².